The van der Waals surface area contributed by atoms with Crippen LogP contribution >= 0.6 is 0 Å². The van der Waals surface area contributed by atoms with Crippen molar-refractivity contribution in [3.05, 3.63) is 70.9 Å². The van der Waals surface area contributed by atoms with Crippen LogP contribution < -0.4 is 14.8 Å². The van der Waals surface area contributed by atoms with Gasteiger partial charge in [-0.25, -0.2) is 4.79 Å². The number of benzene rings is 2. The molecule has 0 spiro atoms. The highest BCUT2D eigenvalue weighted by atomic mass is 16.5. The second kappa shape index (κ2) is 8.10. The summed E-state index contributed by atoms with van der Waals surface area (Å²) in [6, 6.07) is 14.7. The number of rotatable bonds is 6. The van der Waals surface area contributed by atoms with Crippen LogP contribution in [0.25, 0.3) is 0 Å². The molecule has 0 saturated carbocycles. The summed E-state index contributed by atoms with van der Waals surface area (Å²) < 4.78 is 10.7. The van der Waals surface area contributed by atoms with Crippen LogP contribution in [0.15, 0.2) is 59.8 Å². The molecule has 156 valence electrons. The van der Waals surface area contributed by atoms with Gasteiger partial charge in [0.15, 0.2) is 0 Å². The molecule has 2 aromatic carbocycles. The molecule has 30 heavy (non-hydrogen) atoms. The summed E-state index contributed by atoms with van der Waals surface area (Å²) in [6.45, 7) is 1.01. The second-order valence-electron chi connectivity index (χ2n) is 7.41. The van der Waals surface area contributed by atoms with E-state index >= 15 is 0 Å². The lowest BCUT2D eigenvalue weighted by atomic mass is 9.95. The number of likely N-dealkylation sites (N-methyl/N-ethyl adjacent to an activating group) is 1. The van der Waals surface area contributed by atoms with E-state index in [1.165, 1.54) is 10.5 Å². The Morgan fingerprint density at radius 3 is 2.33 bits per heavy atom. The lowest BCUT2D eigenvalue weighted by Gasteiger charge is -2.31. The van der Waals surface area contributed by atoms with Crippen molar-refractivity contribution >= 4 is 11.9 Å². The molecule has 7 heteroatoms. The summed E-state index contributed by atoms with van der Waals surface area (Å²) in [4.78, 5) is 29.3. The highest BCUT2D eigenvalue weighted by molar-refractivity contribution is 6.01. The molecule has 0 saturated heterocycles. The fraction of sp³-hybridized carbons (Fsp3) is 0.304. The maximum atomic E-state index is 13.3. The van der Waals surface area contributed by atoms with E-state index in [2.05, 4.69) is 17.4 Å². The molecule has 2 aromatic rings. The van der Waals surface area contributed by atoms with Crippen molar-refractivity contribution in [3.63, 3.8) is 0 Å². The first kappa shape index (κ1) is 19.8. The maximum Gasteiger partial charge on any atom is 0.322 e. The van der Waals surface area contributed by atoms with Crippen molar-refractivity contribution in [3.8, 4) is 11.5 Å². The number of hydrogen-bond donors (Lipinski definition) is 1. The third kappa shape index (κ3) is 3.58. The van der Waals surface area contributed by atoms with Gasteiger partial charge in [0.05, 0.1) is 38.1 Å². The smallest absolute Gasteiger partial charge is 0.322 e. The number of nitrogens with one attached hydrogen (secondary N) is 1. The Morgan fingerprint density at radius 2 is 1.70 bits per heavy atom. The fourth-order valence-corrected chi connectivity index (χ4v) is 3.96. The summed E-state index contributed by atoms with van der Waals surface area (Å²) in [5, 5.41) is 2.95. The quantitative estimate of drug-likeness (QED) is 0.799. The number of urea groups is 1. The Morgan fingerprint density at radius 1 is 1.03 bits per heavy atom. The van der Waals surface area contributed by atoms with E-state index in [0.29, 0.717) is 30.2 Å². The van der Waals surface area contributed by atoms with Crippen LogP contribution in [0.2, 0.25) is 0 Å². The van der Waals surface area contributed by atoms with Gasteiger partial charge in [0.25, 0.3) is 5.91 Å². The van der Waals surface area contributed by atoms with Crippen molar-refractivity contribution in [2.24, 2.45) is 0 Å². The van der Waals surface area contributed by atoms with E-state index in [0.717, 1.165) is 17.7 Å². The standard InChI is InChI=1S/C23H25N3O4/c1-25-19-14-26(10-9-15-7-5-4-6-8-15)22(27)20(19)21(24-23(25)28)16-11-17(29-2)13-18(12-16)30-3/h4-8,11-13,21H,9-10,14H2,1-3H3,(H,24,28)/t21-/m0/s1. The molecule has 1 N–H and O–H groups in total. The molecule has 1 atom stereocenters. The number of methoxy groups -OCH3 is 2. The molecule has 0 aromatic heterocycles. The first-order chi connectivity index (χ1) is 14.5. The molecule has 3 amide bonds. The first-order valence-corrected chi connectivity index (χ1v) is 9.85. The molecule has 0 radical (unpaired) electrons. The Bertz CT molecular complexity index is 981. The summed E-state index contributed by atoms with van der Waals surface area (Å²) in [5.41, 5.74) is 3.26. The van der Waals surface area contributed by atoms with Gasteiger partial charge >= 0.3 is 6.03 Å². The molecule has 2 aliphatic rings. The monoisotopic (exact) mass is 407 g/mol. The highest BCUT2D eigenvalue weighted by Gasteiger charge is 2.42. The van der Waals surface area contributed by atoms with Gasteiger partial charge in [0.2, 0.25) is 0 Å². The predicted molar refractivity (Wildman–Crippen MR) is 112 cm³/mol. The van der Waals surface area contributed by atoms with Gasteiger partial charge in [-0.2, -0.15) is 0 Å². The largest absolute Gasteiger partial charge is 0.497 e. The molecular weight excluding hydrogens is 382 g/mol. The maximum absolute atomic E-state index is 13.3. The van der Waals surface area contributed by atoms with E-state index in [4.69, 9.17) is 9.47 Å². The van der Waals surface area contributed by atoms with Crippen LogP contribution in [-0.4, -0.2) is 56.1 Å². The van der Waals surface area contributed by atoms with Crippen LogP contribution in [-0.2, 0) is 11.2 Å². The van der Waals surface area contributed by atoms with Crippen molar-refractivity contribution in [1.82, 2.24) is 15.1 Å². The van der Waals surface area contributed by atoms with Gasteiger partial charge in [-0.05, 0) is 29.7 Å². The fourth-order valence-electron chi connectivity index (χ4n) is 3.96. The van der Waals surface area contributed by atoms with Gasteiger partial charge in [0.1, 0.15) is 11.5 Å². The molecule has 0 unspecified atom stereocenters. The van der Waals surface area contributed by atoms with Crippen LogP contribution in [0, 0.1) is 0 Å². The zero-order valence-electron chi connectivity index (χ0n) is 17.3. The second-order valence-corrected chi connectivity index (χ2v) is 7.41. The van der Waals surface area contributed by atoms with E-state index < -0.39 is 6.04 Å². The number of hydrogen-bond acceptors (Lipinski definition) is 4. The Hall–Kier alpha value is -3.48. The molecule has 7 nitrogen and oxygen atoms in total. The average molecular weight is 407 g/mol. The molecule has 2 aliphatic heterocycles. The van der Waals surface area contributed by atoms with Crippen LogP contribution in [0.5, 0.6) is 11.5 Å². The van der Waals surface area contributed by atoms with Gasteiger partial charge in [-0.1, -0.05) is 30.3 Å². The lowest BCUT2D eigenvalue weighted by molar-refractivity contribution is -0.125. The lowest BCUT2D eigenvalue weighted by Crippen LogP contribution is -2.45. The highest BCUT2D eigenvalue weighted by Crippen LogP contribution is 2.38. The zero-order valence-corrected chi connectivity index (χ0v) is 17.3. The molecule has 2 heterocycles. The molecule has 0 bridgehead atoms. The normalized spacial score (nSPS) is 18.4. The molecule has 4 rings (SSSR count). The third-order valence-electron chi connectivity index (χ3n) is 5.66. The average Bonchev–Trinajstić information content (AvgIpc) is 3.11. The first-order valence-electron chi connectivity index (χ1n) is 9.85. The van der Waals surface area contributed by atoms with E-state index in [1.807, 2.05) is 30.3 Å². The summed E-state index contributed by atoms with van der Waals surface area (Å²) in [6.07, 6.45) is 0.760. The summed E-state index contributed by atoms with van der Waals surface area (Å²) >= 11 is 0. The summed E-state index contributed by atoms with van der Waals surface area (Å²) in [7, 11) is 4.84. The zero-order chi connectivity index (χ0) is 21.3. The van der Waals surface area contributed by atoms with Crippen molar-refractivity contribution in [2.45, 2.75) is 12.5 Å². The van der Waals surface area contributed by atoms with Crippen molar-refractivity contribution in [2.75, 3.05) is 34.4 Å². The Kier molecular flexibility index (Phi) is 5.35. The van der Waals surface area contributed by atoms with Gasteiger partial charge in [-0.3, -0.25) is 9.69 Å². The van der Waals surface area contributed by atoms with Crippen LogP contribution in [0.3, 0.4) is 0 Å². The topological polar surface area (TPSA) is 71.1 Å². The number of amides is 3. The third-order valence-corrected chi connectivity index (χ3v) is 5.66. The van der Waals surface area contributed by atoms with E-state index in [1.54, 1.807) is 32.2 Å². The minimum atomic E-state index is -0.554. The van der Waals surface area contributed by atoms with E-state index in [-0.39, 0.29) is 11.9 Å². The van der Waals surface area contributed by atoms with Gasteiger partial charge in [0, 0.05) is 19.7 Å². The predicted octanol–water partition coefficient (Wildman–Crippen LogP) is 2.74. The molecule has 0 fully saturated rings. The number of carbonyl (C=O) groups is 2. The van der Waals surface area contributed by atoms with Crippen LogP contribution in [0.1, 0.15) is 17.2 Å². The summed E-state index contributed by atoms with van der Waals surface area (Å²) in [5.74, 6) is 1.15. The van der Waals surface area contributed by atoms with Gasteiger partial charge < -0.3 is 19.7 Å². The number of nitrogens with zero attached hydrogens (tertiary/aromatic N) is 2. The van der Waals surface area contributed by atoms with E-state index in [9.17, 15) is 9.59 Å². The minimum Gasteiger partial charge on any atom is -0.497 e. The Labute approximate surface area is 175 Å². The number of carbonyl (C=O) groups excluding carboxylic acids is 2. The van der Waals surface area contributed by atoms with Crippen molar-refractivity contribution < 1.29 is 19.1 Å². The van der Waals surface area contributed by atoms with Gasteiger partial charge in [-0.15, -0.1) is 0 Å². The molecular formula is C23H25N3O4. The SMILES string of the molecule is COc1cc(OC)cc([C@@H]2NC(=O)N(C)C3=C2C(=O)N(CCc2ccccc2)C3)c1. The van der Waals surface area contributed by atoms with Crippen LogP contribution in [0.4, 0.5) is 4.79 Å². The Balaban J connectivity index is 1.64. The minimum absolute atomic E-state index is 0.0560. The molecule has 0 aliphatic carbocycles. The van der Waals surface area contributed by atoms with Crippen molar-refractivity contribution in [1.29, 1.82) is 0 Å². The number of ether oxygens (including phenoxy) is 2.